The van der Waals surface area contributed by atoms with Crippen LogP contribution in [0.5, 0.6) is 0 Å². The first-order valence-electron chi connectivity index (χ1n) is 5.81. The second-order valence-corrected chi connectivity index (χ2v) is 5.76. The highest BCUT2D eigenvalue weighted by atomic mass is 16.5. The molecule has 0 aromatic carbocycles. The van der Waals surface area contributed by atoms with E-state index in [9.17, 15) is 4.79 Å². The van der Waals surface area contributed by atoms with Crippen LogP contribution in [-0.4, -0.2) is 11.4 Å². The highest BCUT2D eigenvalue weighted by Crippen LogP contribution is 2.40. The van der Waals surface area contributed by atoms with Crippen molar-refractivity contribution in [3.05, 3.63) is 24.5 Å². The molecular formula is C14H22O2. The summed E-state index contributed by atoms with van der Waals surface area (Å²) >= 11 is 0. The van der Waals surface area contributed by atoms with Gasteiger partial charge in [0.2, 0.25) is 0 Å². The molecule has 2 nitrogen and oxygen atoms in total. The van der Waals surface area contributed by atoms with E-state index in [0.717, 1.165) is 24.8 Å². The van der Waals surface area contributed by atoms with E-state index in [-0.39, 0.29) is 16.8 Å². The largest absolute Gasteiger partial charge is 0.495 e. The van der Waals surface area contributed by atoms with E-state index in [2.05, 4.69) is 6.58 Å². The summed E-state index contributed by atoms with van der Waals surface area (Å²) in [6, 6.07) is 0. The first kappa shape index (κ1) is 13.0. The minimum atomic E-state index is -0.255. The van der Waals surface area contributed by atoms with Crippen molar-refractivity contribution in [2.24, 2.45) is 5.41 Å². The van der Waals surface area contributed by atoms with E-state index >= 15 is 0 Å². The number of carbonyl (C=O) groups excluding carboxylic acids is 1. The summed E-state index contributed by atoms with van der Waals surface area (Å²) in [5, 5.41) is 0. The molecule has 0 unspecified atom stereocenters. The molecule has 0 bridgehead atoms. The maximum Gasteiger partial charge on any atom is 0.168 e. The number of carbonyl (C=O) groups is 1. The Morgan fingerprint density at radius 2 is 2.12 bits per heavy atom. The van der Waals surface area contributed by atoms with Crippen molar-refractivity contribution in [2.45, 2.75) is 52.6 Å². The van der Waals surface area contributed by atoms with Crippen molar-refractivity contribution >= 4 is 5.78 Å². The van der Waals surface area contributed by atoms with Gasteiger partial charge in [0.05, 0.1) is 11.9 Å². The molecule has 0 heterocycles. The van der Waals surface area contributed by atoms with Crippen molar-refractivity contribution in [2.75, 3.05) is 0 Å². The summed E-state index contributed by atoms with van der Waals surface area (Å²) in [7, 11) is 0. The van der Waals surface area contributed by atoms with Gasteiger partial charge in [-0.2, -0.15) is 0 Å². The molecule has 0 aromatic heterocycles. The third kappa shape index (κ3) is 2.97. The Labute approximate surface area is 98.4 Å². The SMILES string of the molecule is C=CC[C@@]1(C)CC/C(=C\OC(C)(C)C)C1=O. The van der Waals surface area contributed by atoms with E-state index in [1.807, 2.05) is 33.8 Å². The predicted molar refractivity (Wildman–Crippen MR) is 66.1 cm³/mol. The zero-order valence-electron chi connectivity index (χ0n) is 10.8. The second-order valence-electron chi connectivity index (χ2n) is 5.76. The Morgan fingerprint density at radius 1 is 1.50 bits per heavy atom. The lowest BCUT2D eigenvalue weighted by atomic mass is 9.84. The van der Waals surface area contributed by atoms with Crippen LogP contribution in [0.4, 0.5) is 0 Å². The molecule has 0 N–H and O–H groups in total. The number of Topliss-reactive ketones (excluding diaryl/α,β-unsaturated/α-hetero) is 1. The molecule has 0 aromatic rings. The van der Waals surface area contributed by atoms with Gasteiger partial charge in [-0.05, 0) is 40.0 Å². The summed E-state index contributed by atoms with van der Waals surface area (Å²) in [6.07, 6.45) is 5.94. The number of allylic oxidation sites excluding steroid dienone is 2. The summed E-state index contributed by atoms with van der Waals surface area (Å²) in [4.78, 5) is 12.1. The third-order valence-corrected chi connectivity index (χ3v) is 2.94. The molecule has 16 heavy (non-hydrogen) atoms. The number of ketones is 1. The molecule has 1 atom stereocenters. The average molecular weight is 222 g/mol. The quantitative estimate of drug-likeness (QED) is 0.414. The third-order valence-electron chi connectivity index (χ3n) is 2.94. The van der Waals surface area contributed by atoms with Crippen LogP contribution in [0.2, 0.25) is 0 Å². The standard InChI is InChI=1S/C14H22O2/c1-6-8-14(5)9-7-11(12(14)15)10-16-13(2,3)4/h6,10H,1,7-9H2,2-5H3/b11-10+/t14-/m0/s1. The van der Waals surface area contributed by atoms with E-state index in [0.29, 0.717) is 0 Å². The summed E-state index contributed by atoms with van der Waals surface area (Å²) in [5.74, 6) is 0.219. The van der Waals surface area contributed by atoms with Crippen molar-refractivity contribution in [1.82, 2.24) is 0 Å². The lowest BCUT2D eigenvalue weighted by Crippen LogP contribution is -2.22. The fourth-order valence-electron chi connectivity index (χ4n) is 1.90. The highest BCUT2D eigenvalue weighted by Gasteiger charge is 2.40. The second kappa shape index (κ2) is 4.44. The zero-order chi connectivity index (χ0) is 12.4. The molecular weight excluding hydrogens is 200 g/mol. The van der Waals surface area contributed by atoms with Gasteiger partial charge in [0.25, 0.3) is 0 Å². The predicted octanol–water partition coefficient (Wildman–Crippen LogP) is 3.63. The first-order valence-corrected chi connectivity index (χ1v) is 5.81. The Morgan fingerprint density at radius 3 is 2.62 bits per heavy atom. The Bertz CT molecular complexity index is 320. The van der Waals surface area contributed by atoms with Crippen LogP contribution in [-0.2, 0) is 9.53 Å². The first-order chi connectivity index (χ1) is 7.28. The molecule has 0 spiro atoms. The van der Waals surface area contributed by atoms with Gasteiger partial charge in [0.15, 0.2) is 5.78 Å². The minimum absolute atomic E-state index is 0.219. The molecule has 1 aliphatic rings. The molecule has 0 radical (unpaired) electrons. The molecule has 1 saturated carbocycles. The lowest BCUT2D eigenvalue weighted by molar-refractivity contribution is -0.122. The zero-order valence-corrected chi connectivity index (χ0v) is 10.8. The maximum absolute atomic E-state index is 12.1. The molecule has 1 rings (SSSR count). The van der Waals surface area contributed by atoms with Gasteiger partial charge >= 0.3 is 0 Å². The van der Waals surface area contributed by atoms with Crippen LogP contribution >= 0.6 is 0 Å². The van der Waals surface area contributed by atoms with Crippen molar-refractivity contribution in [3.63, 3.8) is 0 Å². The van der Waals surface area contributed by atoms with Crippen LogP contribution < -0.4 is 0 Å². The average Bonchev–Trinajstić information content (AvgIpc) is 2.41. The fraction of sp³-hybridized carbons (Fsp3) is 0.643. The van der Waals surface area contributed by atoms with Gasteiger partial charge in [-0.1, -0.05) is 13.0 Å². The maximum atomic E-state index is 12.1. The smallest absolute Gasteiger partial charge is 0.168 e. The highest BCUT2D eigenvalue weighted by molar-refractivity contribution is 6.01. The van der Waals surface area contributed by atoms with Gasteiger partial charge in [-0.15, -0.1) is 6.58 Å². The number of hydrogen-bond acceptors (Lipinski definition) is 2. The molecule has 2 heteroatoms. The molecule has 0 aliphatic heterocycles. The lowest BCUT2D eigenvalue weighted by Gasteiger charge is -2.20. The fourth-order valence-corrected chi connectivity index (χ4v) is 1.90. The Kier molecular flexibility index (Phi) is 3.61. The van der Waals surface area contributed by atoms with E-state index in [4.69, 9.17) is 4.74 Å². The van der Waals surface area contributed by atoms with Crippen LogP contribution in [0.3, 0.4) is 0 Å². The normalized spacial score (nSPS) is 28.5. The van der Waals surface area contributed by atoms with Gasteiger partial charge in [0.1, 0.15) is 0 Å². The van der Waals surface area contributed by atoms with Gasteiger partial charge in [0, 0.05) is 11.0 Å². The minimum Gasteiger partial charge on any atom is -0.495 e. The van der Waals surface area contributed by atoms with Gasteiger partial charge < -0.3 is 4.74 Å². The van der Waals surface area contributed by atoms with E-state index in [1.54, 1.807) is 6.26 Å². The molecule has 90 valence electrons. The van der Waals surface area contributed by atoms with Crippen LogP contribution in [0.25, 0.3) is 0 Å². The van der Waals surface area contributed by atoms with Crippen LogP contribution in [0.15, 0.2) is 24.5 Å². The van der Waals surface area contributed by atoms with Crippen molar-refractivity contribution in [1.29, 1.82) is 0 Å². The monoisotopic (exact) mass is 222 g/mol. The topological polar surface area (TPSA) is 26.3 Å². The van der Waals surface area contributed by atoms with Crippen LogP contribution in [0, 0.1) is 5.41 Å². The Hall–Kier alpha value is -1.05. The van der Waals surface area contributed by atoms with Crippen molar-refractivity contribution in [3.8, 4) is 0 Å². The summed E-state index contributed by atoms with van der Waals surface area (Å²) in [6.45, 7) is 11.7. The summed E-state index contributed by atoms with van der Waals surface area (Å²) in [5.41, 5.74) is 0.332. The van der Waals surface area contributed by atoms with E-state index in [1.165, 1.54) is 0 Å². The molecule has 1 aliphatic carbocycles. The molecule has 0 amide bonds. The number of hydrogen-bond donors (Lipinski definition) is 0. The van der Waals surface area contributed by atoms with Gasteiger partial charge in [-0.25, -0.2) is 0 Å². The summed E-state index contributed by atoms with van der Waals surface area (Å²) < 4.78 is 5.55. The van der Waals surface area contributed by atoms with Crippen molar-refractivity contribution < 1.29 is 9.53 Å². The van der Waals surface area contributed by atoms with Gasteiger partial charge in [-0.3, -0.25) is 4.79 Å². The Balaban J connectivity index is 2.74. The van der Waals surface area contributed by atoms with Crippen LogP contribution in [0.1, 0.15) is 47.0 Å². The number of rotatable bonds is 3. The molecule has 1 fully saturated rings. The number of ether oxygens (including phenoxy) is 1. The van der Waals surface area contributed by atoms with E-state index < -0.39 is 0 Å². The molecule has 0 saturated heterocycles.